The smallest absolute Gasteiger partial charge is 0.203 e. The molecule has 2 aromatic rings. The van der Waals surface area contributed by atoms with Crippen molar-refractivity contribution in [2.75, 3.05) is 11.9 Å². The van der Waals surface area contributed by atoms with Crippen molar-refractivity contribution in [2.45, 2.75) is 26.3 Å². The average molecular weight is 278 g/mol. The van der Waals surface area contributed by atoms with Crippen LogP contribution >= 0.6 is 11.5 Å². The van der Waals surface area contributed by atoms with Crippen molar-refractivity contribution in [1.29, 1.82) is 0 Å². The number of anilines is 1. The second kappa shape index (κ2) is 6.58. The van der Waals surface area contributed by atoms with Gasteiger partial charge in [-0.15, -0.1) is 0 Å². The molecule has 0 fully saturated rings. The average Bonchev–Trinajstić information content (AvgIpc) is 2.83. The molecule has 5 nitrogen and oxygen atoms in total. The molecule has 0 radical (unpaired) electrons. The predicted octanol–water partition coefficient (Wildman–Crippen LogP) is 2.28. The molecule has 2 rings (SSSR count). The zero-order valence-corrected chi connectivity index (χ0v) is 11.9. The fourth-order valence-corrected chi connectivity index (χ4v) is 2.37. The number of pyridine rings is 1. The number of hydrogen-bond acceptors (Lipinski definition) is 6. The standard InChI is InChI=1S/C13H18N4OS/c1-9(2)6-12-16-13(19-17-12)15-11(8-18)10-4-3-5-14-7-10/h3-5,7,9,11,18H,6,8H2,1-2H3,(H,15,16,17)/t11-/m0/s1. The lowest BCUT2D eigenvalue weighted by Crippen LogP contribution is -2.14. The van der Waals surface area contributed by atoms with Gasteiger partial charge in [-0.1, -0.05) is 19.9 Å². The van der Waals surface area contributed by atoms with Crippen LogP contribution < -0.4 is 5.32 Å². The molecule has 0 aliphatic heterocycles. The monoisotopic (exact) mass is 278 g/mol. The van der Waals surface area contributed by atoms with E-state index in [2.05, 4.69) is 33.5 Å². The first kappa shape index (κ1) is 13.9. The first-order valence-corrected chi connectivity index (χ1v) is 7.06. The normalized spacial score (nSPS) is 12.6. The lowest BCUT2D eigenvalue weighted by atomic mass is 10.1. The minimum absolute atomic E-state index is 0.00914. The highest BCUT2D eigenvalue weighted by Crippen LogP contribution is 2.20. The third-order valence-corrected chi connectivity index (χ3v) is 3.31. The Morgan fingerprint density at radius 2 is 2.26 bits per heavy atom. The van der Waals surface area contributed by atoms with Crippen molar-refractivity contribution < 1.29 is 5.11 Å². The van der Waals surface area contributed by atoms with Gasteiger partial charge in [0.15, 0.2) is 0 Å². The quantitative estimate of drug-likeness (QED) is 0.848. The summed E-state index contributed by atoms with van der Waals surface area (Å²) in [7, 11) is 0. The molecule has 0 saturated carbocycles. The summed E-state index contributed by atoms with van der Waals surface area (Å²) in [5.74, 6) is 1.39. The van der Waals surface area contributed by atoms with Crippen LogP contribution in [0.15, 0.2) is 24.5 Å². The van der Waals surface area contributed by atoms with Gasteiger partial charge in [0.05, 0.1) is 12.6 Å². The Hall–Kier alpha value is -1.53. The molecule has 2 heterocycles. The van der Waals surface area contributed by atoms with Crippen LogP contribution in [0.25, 0.3) is 0 Å². The van der Waals surface area contributed by atoms with E-state index < -0.39 is 0 Å². The molecule has 0 bridgehead atoms. The minimum atomic E-state index is -0.200. The molecule has 2 aromatic heterocycles. The fourth-order valence-electron chi connectivity index (χ4n) is 1.73. The third-order valence-electron chi connectivity index (χ3n) is 2.63. The van der Waals surface area contributed by atoms with Gasteiger partial charge in [0.2, 0.25) is 5.13 Å². The number of aliphatic hydroxyl groups excluding tert-OH is 1. The molecular formula is C13H18N4OS. The van der Waals surface area contributed by atoms with Crippen LogP contribution in [-0.4, -0.2) is 26.1 Å². The van der Waals surface area contributed by atoms with Gasteiger partial charge in [-0.3, -0.25) is 4.98 Å². The fraction of sp³-hybridized carbons (Fsp3) is 0.462. The Morgan fingerprint density at radius 1 is 1.42 bits per heavy atom. The molecule has 0 unspecified atom stereocenters. The van der Waals surface area contributed by atoms with E-state index in [1.165, 1.54) is 11.5 Å². The van der Waals surface area contributed by atoms with Crippen LogP contribution in [0, 0.1) is 5.92 Å². The molecular weight excluding hydrogens is 260 g/mol. The van der Waals surface area contributed by atoms with E-state index in [1.54, 1.807) is 12.4 Å². The number of nitrogens with zero attached hydrogens (tertiary/aromatic N) is 3. The zero-order chi connectivity index (χ0) is 13.7. The van der Waals surface area contributed by atoms with Gasteiger partial charge in [0.25, 0.3) is 0 Å². The van der Waals surface area contributed by atoms with E-state index in [1.807, 2.05) is 12.1 Å². The molecule has 1 atom stereocenters. The zero-order valence-electron chi connectivity index (χ0n) is 11.1. The Balaban J connectivity index is 2.04. The largest absolute Gasteiger partial charge is 0.394 e. The third kappa shape index (κ3) is 3.97. The number of aliphatic hydroxyl groups is 1. The van der Waals surface area contributed by atoms with Crippen LogP contribution in [0.2, 0.25) is 0 Å². The molecule has 6 heteroatoms. The van der Waals surface area contributed by atoms with E-state index in [4.69, 9.17) is 0 Å². The number of aromatic nitrogens is 3. The van der Waals surface area contributed by atoms with Crippen molar-refractivity contribution in [3.63, 3.8) is 0 Å². The summed E-state index contributed by atoms with van der Waals surface area (Å²) in [6.45, 7) is 4.27. The van der Waals surface area contributed by atoms with Crippen molar-refractivity contribution in [2.24, 2.45) is 5.92 Å². The summed E-state index contributed by atoms with van der Waals surface area (Å²) in [5, 5.41) is 13.4. The summed E-state index contributed by atoms with van der Waals surface area (Å²) >= 11 is 1.33. The molecule has 0 amide bonds. The second-order valence-electron chi connectivity index (χ2n) is 4.78. The topological polar surface area (TPSA) is 70.9 Å². The summed E-state index contributed by atoms with van der Waals surface area (Å²) in [6.07, 6.45) is 4.32. The highest BCUT2D eigenvalue weighted by molar-refractivity contribution is 7.09. The second-order valence-corrected chi connectivity index (χ2v) is 5.53. The van der Waals surface area contributed by atoms with E-state index >= 15 is 0 Å². The van der Waals surface area contributed by atoms with Gasteiger partial charge in [0, 0.05) is 30.3 Å². The van der Waals surface area contributed by atoms with Crippen molar-refractivity contribution in [3.05, 3.63) is 35.9 Å². The number of rotatable bonds is 6. The number of nitrogens with one attached hydrogen (secondary N) is 1. The molecule has 102 valence electrons. The van der Waals surface area contributed by atoms with Crippen LogP contribution in [0.4, 0.5) is 5.13 Å². The van der Waals surface area contributed by atoms with Crippen molar-refractivity contribution >= 4 is 16.7 Å². The predicted molar refractivity (Wildman–Crippen MR) is 76.1 cm³/mol. The SMILES string of the molecule is CC(C)Cc1nsc(N[C@@H](CO)c2cccnc2)n1. The van der Waals surface area contributed by atoms with Crippen LogP contribution in [0.5, 0.6) is 0 Å². The maximum Gasteiger partial charge on any atom is 0.203 e. The molecule has 19 heavy (non-hydrogen) atoms. The summed E-state index contributed by atoms with van der Waals surface area (Å²) < 4.78 is 4.31. The van der Waals surface area contributed by atoms with E-state index in [0.29, 0.717) is 5.92 Å². The van der Waals surface area contributed by atoms with Crippen molar-refractivity contribution in [1.82, 2.24) is 14.3 Å². The summed E-state index contributed by atoms with van der Waals surface area (Å²) in [6, 6.07) is 3.58. The van der Waals surface area contributed by atoms with Gasteiger partial charge in [0.1, 0.15) is 5.82 Å². The van der Waals surface area contributed by atoms with E-state index in [9.17, 15) is 5.11 Å². The highest BCUT2D eigenvalue weighted by atomic mass is 32.1. The first-order chi connectivity index (χ1) is 9.19. The molecule has 0 spiro atoms. The summed E-state index contributed by atoms with van der Waals surface area (Å²) in [4.78, 5) is 8.48. The number of hydrogen-bond donors (Lipinski definition) is 2. The first-order valence-electron chi connectivity index (χ1n) is 6.29. The lowest BCUT2D eigenvalue weighted by Gasteiger charge is -2.14. The summed E-state index contributed by atoms with van der Waals surface area (Å²) in [5.41, 5.74) is 0.936. The molecule has 0 saturated heterocycles. The van der Waals surface area contributed by atoms with E-state index in [-0.39, 0.29) is 12.6 Å². The van der Waals surface area contributed by atoms with Crippen LogP contribution in [0.1, 0.15) is 31.3 Å². The van der Waals surface area contributed by atoms with Crippen LogP contribution in [0.3, 0.4) is 0 Å². The Kier molecular flexibility index (Phi) is 4.81. The molecule has 2 N–H and O–H groups in total. The van der Waals surface area contributed by atoms with Gasteiger partial charge in [-0.05, 0) is 17.5 Å². The maximum absolute atomic E-state index is 9.46. The van der Waals surface area contributed by atoms with Gasteiger partial charge >= 0.3 is 0 Å². The Bertz CT molecular complexity index is 500. The molecule has 0 aliphatic carbocycles. The van der Waals surface area contributed by atoms with Gasteiger partial charge in [-0.2, -0.15) is 4.37 Å². The van der Waals surface area contributed by atoms with Gasteiger partial charge in [-0.25, -0.2) is 4.98 Å². The van der Waals surface area contributed by atoms with Gasteiger partial charge < -0.3 is 10.4 Å². The van der Waals surface area contributed by atoms with E-state index in [0.717, 1.165) is 22.9 Å². The van der Waals surface area contributed by atoms with Crippen molar-refractivity contribution in [3.8, 4) is 0 Å². The maximum atomic E-state index is 9.46. The minimum Gasteiger partial charge on any atom is -0.394 e. The molecule has 0 aromatic carbocycles. The highest BCUT2D eigenvalue weighted by Gasteiger charge is 2.13. The lowest BCUT2D eigenvalue weighted by molar-refractivity contribution is 0.276. The Morgan fingerprint density at radius 3 is 2.89 bits per heavy atom. The molecule has 0 aliphatic rings. The van der Waals surface area contributed by atoms with Crippen LogP contribution in [-0.2, 0) is 6.42 Å². The Labute approximate surface area is 116 Å².